The lowest BCUT2D eigenvalue weighted by atomic mass is 9.92. The number of halogens is 2. The minimum atomic E-state index is -0.0763. The third-order valence-electron chi connectivity index (χ3n) is 3.15. The fourth-order valence-electron chi connectivity index (χ4n) is 1.93. The molecular formula is C12H16BrClN2O. The first-order chi connectivity index (χ1) is 8.15. The zero-order valence-corrected chi connectivity index (χ0v) is 12.1. The van der Waals surface area contributed by atoms with Crippen LogP contribution in [-0.4, -0.2) is 29.6 Å². The summed E-state index contributed by atoms with van der Waals surface area (Å²) in [5.41, 5.74) is 1.09. The lowest BCUT2D eigenvalue weighted by molar-refractivity contribution is 0.0666. The monoisotopic (exact) mass is 318 g/mol. The predicted octanol–water partition coefficient (Wildman–Crippen LogP) is 3.35. The van der Waals surface area contributed by atoms with Crippen molar-refractivity contribution in [3.63, 3.8) is 0 Å². The van der Waals surface area contributed by atoms with Crippen LogP contribution in [0.15, 0.2) is 16.7 Å². The van der Waals surface area contributed by atoms with Crippen molar-refractivity contribution in [2.45, 2.75) is 25.3 Å². The lowest BCUT2D eigenvalue weighted by Gasteiger charge is -2.36. The topological polar surface area (TPSA) is 34.1 Å². The maximum atomic E-state index is 6.10. The van der Waals surface area contributed by atoms with Crippen LogP contribution in [0.3, 0.4) is 0 Å². The summed E-state index contributed by atoms with van der Waals surface area (Å²) in [5, 5.41) is 3.47. The van der Waals surface area contributed by atoms with Crippen molar-refractivity contribution in [1.29, 1.82) is 0 Å². The molecule has 1 aliphatic heterocycles. The van der Waals surface area contributed by atoms with Crippen LogP contribution in [0, 0.1) is 6.92 Å². The molecule has 1 fully saturated rings. The molecule has 17 heavy (non-hydrogen) atoms. The average molecular weight is 320 g/mol. The fourth-order valence-corrected chi connectivity index (χ4v) is 2.48. The largest absolute Gasteiger partial charge is 0.381 e. The maximum Gasteiger partial charge on any atom is 0.126 e. The number of hydrogen-bond acceptors (Lipinski definition) is 3. The first-order valence-corrected chi connectivity index (χ1v) is 7.02. The molecule has 0 spiro atoms. The van der Waals surface area contributed by atoms with E-state index < -0.39 is 0 Å². The summed E-state index contributed by atoms with van der Waals surface area (Å²) in [7, 11) is 0. The number of nitrogens with zero attached hydrogens (tertiary/aromatic N) is 1. The lowest BCUT2D eigenvalue weighted by Crippen LogP contribution is -2.45. The van der Waals surface area contributed by atoms with Crippen LogP contribution in [0.5, 0.6) is 0 Å². The molecule has 1 aliphatic rings. The van der Waals surface area contributed by atoms with Gasteiger partial charge in [0, 0.05) is 29.8 Å². The van der Waals surface area contributed by atoms with E-state index in [0.29, 0.717) is 5.88 Å². The van der Waals surface area contributed by atoms with Gasteiger partial charge in [0.05, 0.1) is 5.54 Å². The normalized spacial score (nSPS) is 19.0. The molecule has 0 bridgehead atoms. The third kappa shape index (κ3) is 3.12. The summed E-state index contributed by atoms with van der Waals surface area (Å²) in [6.07, 6.45) is 3.67. The van der Waals surface area contributed by atoms with E-state index in [1.807, 2.05) is 19.2 Å². The second kappa shape index (κ2) is 5.55. The van der Waals surface area contributed by atoms with Crippen molar-refractivity contribution < 1.29 is 4.74 Å². The molecule has 1 aromatic rings. The highest BCUT2D eigenvalue weighted by Crippen LogP contribution is 2.27. The molecule has 5 heteroatoms. The van der Waals surface area contributed by atoms with E-state index >= 15 is 0 Å². The van der Waals surface area contributed by atoms with Gasteiger partial charge in [-0.25, -0.2) is 4.98 Å². The third-order valence-corrected chi connectivity index (χ3v) is 4.49. The Morgan fingerprint density at radius 2 is 2.24 bits per heavy atom. The zero-order chi connectivity index (χ0) is 12.3. The first kappa shape index (κ1) is 13.1. The van der Waals surface area contributed by atoms with Gasteiger partial charge in [-0.1, -0.05) is 0 Å². The number of aromatic nitrogens is 1. The highest BCUT2D eigenvalue weighted by atomic mass is 79.9. The van der Waals surface area contributed by atoms with E-state index in [4.69, 9.17) is 16.3 Å². The van der Waals surface area contributed by atoms with Gasteiger partial charge in [-0.2, -0.15) is 0 Å². The van der Waals surface area contributed by atoms with Crippen molar-refractivity contribution in [1.82, 2.24) is 4.98 Å². The van der Waals surface area contributed by atoms with Gasteiger partial charge < -0.3 is 10.1 Å². The van der Waals surface area contributed by atoms with Gasteiger partial charge in [0.2, 0.25) is 0 Å². The number of alkyl halides is 1. The Morgan fingerprint density at radius 3 is 2.82 bits per heavy atom. The van der Waals surface area contributed by atoms with E-state index in [2.05, 4.69) is 26.2 Å². The van der Waals surface area contributed by atoms with Crippen LogP contribution in [0.1, 0.15) is 18.4 Å². The number of ether oxygens (including phenoxy) is 1. The quantitative estimate of drug-likeness (QED) is 0.868. The van der Waals surface area contributed by atoms with Gasteiger partial charge in [-0.05, 0) is 47.3 Å². The van der Waals surface area contributed by atoms with Crippen LogP contribution >= 0.6 is 27.5 Å². The zero-order valence-electron chi connectivity index (χ0n) is 9.80. The first-order valence-electron chi connectivity index (χ1n) is 5.69. The van der Waals surface area contributed by atoms with Crippen molar-refractivity contribution >= 4 is 33.3 Å². The molecule has 94 valence electrons. The molecule has 0 aromatic carbocycles. The summed E-state index contributed by atoms with van der Waals surface area (Å²) < 4.78 is 6.40. The SMILES string of the molecule is Cc1cc(NC2(CCl)CCOCC2)ncc1Br. The molecule has 3 nitrogen and oxygen atoms in total. The number of hydrogen-bond donors (Lipinski definition) is 1. The minimum absolute atomic E-state index is 0.0763. The second-order valence-electron chi connectivity index (χ2n) is 4.47. The molecule has 2 rings (SSSR count). The molecule has 2 heterocycles. The van der Waals surface area contributed by atoms with Gasteiger partial charge in [0.15, 0.2) is 0 Å². The second-order valence-corrected chi connectivity index (χ2v) is 5.59. The summed E-state index contributed by atoms with van der Waals surface area (Å²) in [5.74, 6) is 1.46. The van der Waals surface area contributed by atoms with E-state index in [0.717, 1.165) is 36.3 Å². The van der Waals surface area contributed by atoms with Crippen molar-refractivity contribution in [2.24, 2.45) is 0 Å². The molecule has 0 aliphatic carbocycles. The maximum absolute atomic E-state index is 6.10. The van der Waals surface area contributed by atoms with Crippen LogP contribution in [0.4, 0.5) is 5.82 Å². The molecule has 1 aromatic heterocycles. The number of rotatable bonds is 3. The Labute approximate surface area is 115 Å². The summed E-state index contributed by atoms with van der Waals surface area (Å²) in [6, 6.07) is 2.04. The van der Waals surface area contributed by atoms with Gasteiger partial charge in [0.25, 0.3) is 0 Å². The van der Waals surface area contributed by atoms with Crippen molar-refractivity contribution in [3.8, 4) is 0 Å². The predicted molar refractivity (Wildman–Crippen MR) is 73.8 cm³/mol. The van der Waals surface area contributed by atoms with Crippen LogP contribution in [0.25, 0.3) is 0 Å². The van der Waals surface area contributed by atoms with E-state index in [1.165, 1.54) is 5.56 Å². The summed E-state index contributed by atoms with van der Waals surface area (Å²) in [4.78, 5) is 4.37. The Morgan fingerprint density at radius 1 is 1.53 bits per heavy atom. The van der Waals surface area contributed by atoms with Gasteiger partial charge in [-0.15, -0.1) is 11.6 Å². The van der Waals surface area contributed by atoms with Gasteiger partial charge >= 0.3 is 0 Å². The Hall–Kier alpha value is -0.320. The smallest absolute Gasteiger partial charge is 0.126 e. The van der Waals surface area contributed by atoms with Crippen LogP contribution < -0.4 is 5.32 Å². The van der Waals surface area contributed by atoms with Crippen molar-refractivity contribution in [3.05, 3.63) is 22.3 Å². The molecule has 0 amide bonds. The number of pyridine rings is 1. The molecule has 0 saturated carbocycles. The standard InChI is InChI=1S/C12H16BrClN2O/c1-9-6-11(15-7-10(9)13)16-12(8-14)2-4-17-5-3-12/h6-7H,2-5,8H2,1H3,(H,15,16). The molecule has 0 atom stereocenters. The van der Waals surface area contributed by atoms with Crippen LogP contribution in [0.2, 0.25) is 0 Å². The van der Waals surface area contributed by atoms with Crippen molar-refractivity contribution in [2.75, 3.05) is 24.4 Å². The summed E-state index contributed by atoms with van der Waals surface area (Å²) >= 11 is 9.55. The highest BCUT2D eigenvalue weighted by Gasteiger charge is 2.31. The molecule has 1 saturated heterocycles. The van der Waals surface area contributed by atoms with E-state index in [9.17, 15) is 0 Å². The Balaban J connectivity index is 2.14. The van der Waals surface area contributed by atoms with E-state index in [1.54, 1.807) is 0 Å². The minimum Gasteiger partial charge on any atom is -0.381 e. The average Bonchev–Trinajstić information content (AvgIpc) is 2.35. The highest BCUT2D eigenvalue weighted by molar-refractivity contribution is 9.10. The summed E-state index contributed by atoms with van der Waals surface area (Å²) in [6.45, 7) is 3.57. The van der Waals surface area contributed by atoms with Gasteiger partial charge in [-0.3, -0.25) is 0 Å². The Kier molecular flexibility index (Phi) is 4.28. The molecule has 0 radical (unpaired) electrons. The number of aryl methyl sites for hydroxylation is 1. The van der Waals surface area contributed by atoms with Gasteiger partial charge in [0.1, 0.15) is 5.82 Å². The molecule has 0 unspecified atom stereocenters. The van der Waals surface area contributed by atoms with Crippen LogP contribution in [-0.2, 0) is 4.74 Å². The van der Waals surface area contributed by atoms with E-state index in [-0.39, 0.29) is 5.54 Å². The number of anilines is 1. The number of nitrogens with one attached hydrogen (secondary N) is 1. The Bertz CT molecular complexity index is 394. The molecular weight excluding hydrogens is 304 g/mol. The fraction of sp³-hybridized carbons (Fsp3) is 0.583. The molecule has 1 N–H and O–H groups in total.